The molecule has 1 aromatic rings. The molecule has 1 fully saturated rings. The second-order valence-corrected chi connectivity index (χ2v) is 8.50. The monoisotopic (exact) mass is 368 g/mol. The molecule has 0 saturated heterocycles. The molecule has 1 amide bonds. The van der Waals surface area contributed by atoms with E-state index in [0.29, 0.717) is 0 Å². The Hall–Kier alpha value is -1.93. The van der Waals surface area contributed by atoms with Crippen molar-refractivity contribution in [1.82, 2.24) is 9.62 Å². The number of hydrogen-bond donors (Lipinski definition) is 1. The predicted octanol–water partition coefficient (Wildman–Crippen LogP) is 1.54. The number of sulfonamides is 1. The van der Waals surface area contributed by atoms with Gasteiger partial charge in [-0.15, -0.1) is 0 Å². The number of amides is 1. The number of carbonyl (C=O) groups excluding carboxylic acids is 2. The molecular formula is C17H24N2O5S. The fourth-order valence-corrected chi connectivity index (χ4v) is 3.61. The highest BCUT2D eigenvalue weighted by molar-refractivity contribution is 7.89. The predicted molar refractivity (Wildman–Crippen MR) is 92.6 cm³/mol. The van der Waals surface area contributed by atoms with Crippen molar-refractivity contribution in [3.63, 3.8) is 0 Å². The van der Waals surface area contributed by atoms with Crippen LogP contribution in [0.1, 0.15) is 43.0 Å². The minimum Gasteiger partial charge on any atom is -0.449 e. The van der Waals surface area contributed by atoms with Gasteiger partial charge in [0.1, 0.15) is 0 Å². The Bertz CT molecular complexity index is 739. The zero-order chi connectivity index (χ0) is 18.6. The molecule has 1 aliphatic carbocycles. The summed E-state index contributed by atoms with van der Waals surface area (Å²) < 4.78 is 30.5. The Kier molecular flexibility index (Phi) is 6.18. The minimum absolute atomic E-state index is 0.00462. The molecule has 8 heteroatoms. The normalized spacial score (nSPS) is 16.6. The van der Waals surface area contributed by atoms with Crippen molar-refractivity contribution in [2.24, 2.45) is 0 Å². The van der Waals surface area contributed by atoms with E-state index in [1.807, 2.05) is 0 Å². The van der Waals surface area contributed by atoms with E-state index >= 15 is 0 Å². The van der Waals surface area contributed by atoms with Crippen molar-refractivity contribution >= 4 is 21.9 Å². The Balaban J connectivity index is 2.04. The maximum absolute atomic E-state index is 12.2. The molecule has 1 saturated carbocycles. The summed E-state index contributed by atoms with van der Waals surface area (Å²) in [6.45, 7) is 1.50. The summed E-state index contributed by atoms with van der Waals surface area (Å²) in [7, 11) is -0.822. The molecule has 0 bridgehead atoms. The summed E-state index contributed by atoms with van der Waals surface area (Å²) in [5.74, 6) is -1.07. The molecule has 2 rings (SSSR count). The molecule has 0 spiro atoms. The Morgan fingerprint density at radius 1 is 1.24 bits per heavy atom. The number of hydrogen-bond acceptors (Lipinski definition) is 5. The van der Waals surface area contributed by atoms with Crippen molar-refractivity contribution in [3.05, 3.63) is 29.8 Å². The van der Waals surface area contributed by atoms with Gasteiger partial charge in [0, 0.05) is 20.1 Å². The quantitative estimate of drug-likeness (QED) is 0.769. The molecule has 138 valence electrons. The molecule has 0 aliphatic heterocycles. The van der Waals surface area contributed by atoms with Gasteiger partial charge in [-0.2, -0.15) is 0 Å². The fraction of sp³-hybridized carbons (Fsp3) is 0.529. The Morgan fingerprint density at radius 3 is 2.48 bits per heavy atom. The summed E-state index contributed by atoms with van der Waals surface area (Å²) >= 11 is 0. The van der Waals surface area contributed by atoms with Crippen molar-refractivity contribution in [2.45, 2.75) is 49.6 Å². The third kappa shape index (κ3) is 4.79. The maximum atomic E-state index is 12.2. The first kappa shape index (κ1) is 19.4. The highest BCUT2D eigenvalue weighted by Crippen LogP contribution is 2.18. The van der Waals surface area contributed by atoms with E-state index in [-0.39, 0.29) is 22.4 Å². The maximum Gasteiger partial charge on any atom is 0.338 e. The Morgan fingerprint density at radius 2 is 1.88 bits per heavy atom. The van der Waals surface area contributed by atoms with Gasteiger partial charge in [-0.25, -0.2) is 17.5 Å². The van der Waals surface area contributed by atoms with Gasteiger partial charge >= 0.3 is 5.97 Å². The highest BCUT2D eigenvalue weighted by Gasteiger charge is 2.24. The van der Waals surface area contributed by atoms with Gasteiger partial charge in [-0.05, 0) is 38.0 Å². The van der Waals surface area contributed by atoms with Crippen LogP contribution in [0.4, 0.5) is 0 Å². The van der Waals surface area contributed by atoms with Gasteiger partial charge < -0.3 is 10.1 Å². The topological polar surface area (TPSA) is 92.8 Å². The first-order chi connectivity index (χ1) is 11.7. The lowest BCUT2D eigenvalue weighted by atomic mass is 10.2. The van der Waals surface area contributed by atoms with Gasteiger partial charge in [-0.1, -0.05) is 18.9 Å². The molecule has 25 heavy (non-hydrogen) atoms. The molecule has 0 unspecified atom stereocenters. The highest BCUT2D eigenvalue weighted by atomic mass is 32.2. The summed E-state index contributed by atoms with van der Waals surface area (Å²) in [6, 6.07) is 5.72. The standard InChI is InChI=1S/C17H24N2O5S/c1-12(16(20)18-14-8-4-5-9-14)24-17(21)13-7-6-10-15(11-13)25(22,23)19(2)3/h6-7,10-12,14H,4-5,8-9H2,1-3H3,(H,18,20)/t12-/m1/s1. The molecule has 1 atom stereocenters. The van der Waals surface area contributed by atoms with Gasteiger partial charge in [0.2, 0.25) is 10.0 Å². The number of rotatable bonds is 6. The Labute approximate surface area is 148 Å². The third-order valence-corrected chi connectivity index (χ3v) is 6.01. The lowest BCUT2D eigenvalue weighted by molar-refractivity contribution is -0.129. The first-order valence-electron chi connectivity index (χ1n) is 8.26. The van der Waals surface area contributed by atoms with Crippen LogP contribution in [0.3, 0.4) is 0 Å². The molecule has 0 radical (unpaired) electrons. The van der Waals surface area contributed by atoms with Crippen molar-refractivity contribution in [3.8, 4) is 0 Å². The fourth-order valence-electron chi connectivity index (χ4n) is 2.67. The van der Waals surface area contributed by atoms with E-state index in [4.69, 9.17) is 4.74 Å². The number of benzene rings is 1. The van der Waals surface area contributed by atoms with Crippen molar-refractivity contribution < 1.29 is 22.7 Å². The van der Waals surface area contributed by atoms with Gasteiger partial charge in [-0.3, -0.25) is 4.79 Å². The van der Waals surface area contributed by atoms with Crippen molar-refractivity contribution in [2.75, 3.05) is 14.1 Å². The zero-order valence-corrected chi connectivity index (χ0v) is 15.5. The number of esters is 1. The van der Waals surface area contributed by atoms with Crippen LogP contribution in [0.5, 0.6) is 0 Å². The second-order valence-electron chi connectivity index (χ2n) is 6.35. The smallest absolute Gasteiger partial charge is 0.338 e. The van der Waals surface area contributed by atoms with Crippen LogP contribution in [-0.4, -0.2) is 50.8 Å². The van der Waals surface area contributed by atoms with E-state index in [9.17, 15) is 18.0 Å². The number of ether oxygens (including phenoxy) is 1. The number of nitrogens with one attached hydrogen (secondary N) is 1. The van der Waals surface area contributed by atoms with Gasteiger partial charge in [0.15, 0.2) is 6.10 Å². The third-order valence-electron chi connectivity index (χ3n) is 4.20. The summed E-state index contributed by atoms with van der Waals surface area (Å²) in [4.78, 5) is 24.3. The van der Waals surface area contributed by atoms with Gasteiger partial charge in [0.05, 0.1) is 10.5 Å². The van der Waals surface area contributed by atoms with Crippen LogP contribution in [0.25, 0.3) is 0 Å². The molecule has 1 N–H and O–H groups in total. The number of nitrogens with zero attached hydrogens (tertiary/aromatic N) is 1. The lowest BCUT2D eigenvalue weighted by Crippen LogP contribution is -2.40. The van der Waals surface area contributed by atoms with E-state index in [1.54, 1.807) is 0 Å². The number of carbonyl (C=O) groups is 2. The van der Waals surface area contributed by atoms with E-state index in [2.05, 4.69) is 5.32 Å². The van der Waals surface area contributed by atoms with Crippen LogP contribution >= 0.6 is 0 Å². The van der Waals surface area contributed by atoms with Crippen LogP contribution in [0, 0.1) is 0 Å². The molecular weight excluding hydrogens is 344 g/mol. The zero-order valence-electron chi connectivity index (χ0n) is 14.7. The summed E-state index contributed by atoms with van der Waals surface area (Å²) in [6.07, 6.45) is 3.12. The second kappa shape index (κ2) is 7.97. The average molecular weight is 368 g/mol. The molecule has 1 aliphatic rings. The lowest BCUT2D eigenvalue weighted by Gasteiger charge is -2.17. The van der Waals surface area contributed by atoms with Gasteiger partial charge in [0.25, 0.3) is 5.91 Å². The van der Waals surface area contributed by atoms with Crippen molar-refractivity contribution in [1.29, 1.82) is 0 Å². The molecule has 1 aromatic carbocycles. The molecule has 7 nitrogen and oxygen atoms in total. The minimum atomic E-state index is -3.65. The van der Waals surface area contributed by atoms with E-state index in [0.717, 1.165) is 30.0 Å². The van der Waals surface area contributed by atoms with E-state index in [1.165, 1.54) is 45.3 Å². The summed E-state index contributed by atoms with van der Waals surface area (Å²) in [5, 5.41) is 2.87. The largest absolute Gasteiger partial charge is 0.449 e. The SMILES string of the molecule is C[C@@H](OC(=O)c1cccc(S(=O)(=O)N(C)C)c1)C(=O)NC1CCCC1. The first-order valence-corrected chi connectivity index (χ1v) is 9.70. The average Bonchev–Trinajstić information content (AvgIpc) is 3.07. The summed E-state index contributed by atoms with van der Waals surface area (Å²) in [5.41, 5.74) is 0.0865. The van der Waals surface area contributed by atoms with Crippen LogP contribution in [0.2, 0.25) is 0 Å². The van der Waals surface area contributed by atoms with Crippen LogP contribution < -0.4 is 5.32 Å². The molecule has 0 heterocycles. The molecule has 0 aromatic heterocycles. The van der Waals surface area contributed by atoms with Crippen LogP contribution in [0.15, 0.2) is 29.2 Å². The van der Waals surface area contributed by atoms with Crippen LogP contribution in [-0.2, 0) is 19.6 Å². The van der Waals surface area contributed by atoms with E-state index < -0.39 is 22.1 Å².